The van der Waals surface area contributed by atoms with Gasteiger partial charge in [-0.3, -0.25) is 9.80 Å². The third-order valence-electron chi connectivity index (χ3n) is 5.05. The third kappa shape index (κ3) is 2.38. The largest absolute Gasteiger partial charge is 0.305 e. The number of piperazine rings is 1. The molecule has 3 heteroatoms. The second-order valence-corrected chi connectivity index (χ2v) is 6.40. The van der Waals surface area contributed by atoms with Crippen LogP contribution in [0.3, 0.4) is 0 Å². The average Bonchev–Trinajstić information content (AvgIpc) is 2.75. The Labute approximate surface area is 106 Å². The summed E-state index contributed by atoms with van der Waals surface area (Å²) in [7, 11) is 2.28. The highest BCUT2D eigenvalue weighted by Gasteiger charge is 2.37. The van der Waals surface area contributed by atoms with Gasteiger partial charge in [-0.15, -0.1) is 0 Å². The standard InChI is InChI=1S/C14H27N3/c1-12-9-16-8-4-5-13(16)11-17(12)14-6-3-7-15(2)10-14/h12-14H,3-11H2,1-2H3. The normalized spacial score (nSPS) is 41.6. The van der Waals surface area contributed by atoms with Gasteiger partial charge >= 0.3 is 0 Å². The lowest BCUT2D eigenvalue weighted by atomic mass is 9.99. The van der Waals surface area contributed by atoms with E-state index >= 15 is 0 Å². The molecule has 3 fully saturated rings. The Balaban J connectivity index is 1.65. The fraction of sp³-hybridized carbons (Fsp3) is 1.00. The van der Waals surface area contributed by atoms with Gasteiger partial charge in [0.2, 0.25) is 0 Å². The molecule has 0 bridgehead atoms. The minimum atomic E-state index is 0.765. The highest BCUT2D eigenvalue weighted by molar-refractivity contribution is 4.94. The predicted molar refractivity (Wildman–Crippen MR) is 71.3 cm³/mol. The van der Waals surface area contributed by atoms with Crippen LogP contribution in [0.5, 0.6) is 0 Å². The molecule has 0 spiro atoms. The molecule has 98 valence electrons. The van der Waals surface area contributed by atoms with Crippen LogP contribution in [0.4, 0.5) is 0 Å². The number of fused-ring (bicyclic) bond motifs is 1. The van der Waals surface area contributed by atoms with Gasteiger partial charge in [0.05, 0.1) is 0 Å². The molecule has 3 unspecified atom stereocenters. The van der Waals surface area contributed by atoms with E-state index in [-0.39, 0.29) is 0 Å². The molecule has 17 heavy (non-hydrogen) atoms. The summed E-state index contributed by atoms with van der Waals surface area (Å²) in [6.45, 7) is 9.02. The number of hydrogen-bond donors (Lipinski definition) is 0. The first kappa shape index (κ1) is 11.9. The van der Waals surface area contributed by atoms with Gasteiger partial charge in [-0.25, -0.2) is 0 Å². The molecule has 3 saturated heterocycles. The summed E-state index contributed by atoms with van der Waals surface area (Å²) in [6.07, 6.45) is 5.67. The molecule has 0 N–H and O–H groups in total. The van der Waals surface area contributed by atoms with Gasteiger partial charge in [0.15, 0.2) is 0 Å². The second-order valence-electron chi connectivity index (χ2n) is 6.40. The van der Waals surface area contributed by atoms with Crippen LogP contribution >= 0.6 is 0 Å². The summed E-state index contributed by atoms with van der Waals surface area (Å²) in [5.74, 6) is 0. The highest BCUT2D eigenvalue weighted by atomic mass is 15.3. The Hall–Kier alpha value is -0.120. The van der Waals surface area contributed by atoms with Crippen molar-refractivity contribution in [1.29, 1.82) is 0 Å². The van der Waals surface area contributed by atoms with Gasteiger partial charge in [-0.1, -0.05) is 0 Å². The topological polar surface area (TPSA) is 9.72 Å². The van der Waals surface area contributed by atoms with Crippen LogP contribution in [0.15, 0.2) is 0 Å². The SMILES string of the molecule is CC1CN2CCCC2CN1C1CCCN(C)C1. The lowest BCUT2D eigenvalue weighted by Gasteiger charge is -2.48. The van der Waals surface area contributed by atoms with Gasteiger partial charge in [0.1, 0.15) is 0 Å². The van der Waals surface area contributed by atoms with Crippen molar-refractivity contribution < 1.29 is 0 Å². The van der Waals surface area contributed by atoms with Gasteiger partial charge in [0, 0.05) is 37.8 Å². The van der Waals surface area contributed by atoms with E-state index in [4.69, 9.17) is 0 Å². The summed E-state index contributed by atoms with van der Waals surface area (Å²) in [5.41, 5.74) is 0. The van der Waals surface area contributed by atoms with Crippen molar-refractivity contribution in [2.45, 2.75) is 50.7 Å². The van der Waals surface area contributed by atoms with Crippen LogP contribution in [0.2, 0.25) is 0 Å². The zero-order valence-electron chi connectivity index (χ0n) is 11.4. The molecule has 0 aromatic heterocycles. The molecule has 0 amide bonds. The molecule has 3 nitrogen and oxygen atoms in total. The number of nitrogens with zero attached hydrogens (tertiary/aromatic N) is 3. The fourth-order valence-corrected chi connectivity index (χ4v) is 4.13. The lowest BCUT2D eigenvalue weighted by molar-refractivity contribution is 0.00483. The molecule has 3 aliphatic heterocycles. The predicted octanol–water partition coefficient (Wildman–Crippen LogP) is 1.25. The van der Waals surface area contributed by atoms with Crippen molar-refractivity contribution in [2.24, 2.45) is 0 Å². The zero-order valence-corrected chi connectivity index (χ0v) is 11.4. The molecule has 0 aromatic carbocycles. The van der Waals surface area contributed by atoms with E-state index < -0.39 is 0 Å². The summed E-state index contributed by atoms with van der Waals surface area (Å²) >= 11 is 0. The first-order chi connectivity index (χ1) is 8.24. The van der Waals surface area contributed by atoms with Crippen molar-refractivity contribution in [2.75, 3.05) is 39.8 Å². The van der Waals surface area contributed by atoms with Gasteiger partial charge in [-0.05, 0) is 52.7 Å². The van der Waals surface area contributed by atoms with Crippen molar-refractivity contribution in [1.82, 2.24) is 14.7 Å². The van der Waals surface area contributed by atoms with Crippen LogP contribution < -0.4 is 0 Å². The van der Waals surface area contributed by atoms with Crippen LogP contribution in [0.25, 0.3) is 0 Å². The van der Waals surface area contributed by atoms with Crippen LogP contribution in [-0.2, 0) is 0 Å². The van der Waals surface area contributed by atoms with Crippen molar-refractivity contribution >= 4 is 0 Å². The van der Waals surface area contributed by atoms with Gasteiger partial charge in [-0.2, -0.15) is 0 Å². The highest BCUT2D eigenvalue weighted by Crippen LogP contribution is 2.28. The smallest absolute Gasteiger partial charge is 0.0227 e. The molecule has 0 saturated carbocycles. The minimum Gasteiger partial charge on any atom is -0.305 e. The molecular formula is C14H27N3. The lowest BCUT2D eigenvalue weighted by Crippen LogP contribution is -2.60. The van der Waals surface area contributed by atoms with Crippen LogP contribution in [-0.4, -0.2) is 72.6 Å². The average molecular weight is 237 g/mol. The zero-order chi connectivity index (χ0) is 11.8. The Morgan fingerprint density at radius 3 is 2.47 bits per heavy atom. The van der Waals surface area contributed by atoms with Gasteiger partial charge < -0.3 is 4.90 Å². The monoisotopic (exact) mass is 237 g/mol. The first-order valence-electron chi connectivity index (χ1n) is 7.42. The maximum Gasteiger partial charge on any atom is 0.0227 e. The maximum absolute atomic E-state index is 2.82. The van der Waals surface area contributed by atoms with Crippen LogP contribution in [0, 0.1) is 0 Å². The second kappa shape index (κ2) is 4.87. The number of rotatable bonds is 1. The summed E-state index contributed by atoms with van der Waals surface area (Å²) in [4.78, 5) is 8.07. The molecule has 0 aliphatic carbocycles. The first-order valence-corrected chi connectivity index (χ1v) is 7.42. The summed E-state index contributed by atoms with van der Waals surface area (Å²) in [6, 6.07) is 2.46. The Bertz CT molecular complexity index is 268. The molecule has 3 rings (SSSR count). The number of hydrogen-bond acceptors (Lipinski definition) is 3. The molecular weight excluding hydrogens is 210 g/mol. The molecule has 3 aliphatic rings. The summed E-state index contributed by atoms with van der Waals surface area (Å²) in [5, 5.41) is 0. The van der Waals surface area contributed by atoms with E-state index in [2.05, 4.69) is 28.7 Å². The van der Waals surface area contributed by atoms with E-state index in [9.17, 15) is 0 Å². The minimum absolute atomic E-state index is 0.765. The van der Waals surface area contributed by atoms with E-state index in [1.807, 2.05) is 0 Å². The Morgan fingerprint density at radius 1 is 0.882 bits per heavy atom. The third-order valence-corrected chi connectivity index (χ3v) is 5.05. The van der Waals surface area contributed by atoms with E-state index in [0.29, 0.717) is 0 Å². The number of likely N-dealkylation sites (N-methyl/N-ethyl adjacent to an activating group) is 1. The molecule has 0 aromatic rings. The van der Waals surface area contributed by atoms with Crippen molar-refractivity contribution in [3.05, 3.63) is 0 Å². The van der Waals surface area contributed by atoms with E-state index in [1.165, 1.54) is 58.4 Å². The van der Waals surface area contributed by atoms with Gasteiger partial charge in [0.25, 0.3) is 0 Å². The Kier molecular flexibility index (Phi) is 3.42. The van der Waals surface area contributed by atoms with Crippen molar-refractivity contribution in [3.63, 3.8) is 0 Å². The Morgan fingerprint density at radius 2 is 1.65 bits per heavy atom. The molecule has 3 atom stereocenters. The van der Waals surface area contributed by atoms with Crippen molar-refractivity contribution in [3.8, 4) is 0 Å². The van der Waals surface area contributed by atoms with E-state index in [0.717, 1.165) is 18.1 Å². The summed E-state index contributed by atoms with van der Waals surface area (Å²) < 4.78 is 0. The fourth-order valence-electron chi connectivity index (χ4n) is 4.13. The maximum atomic E-state index is 2.82. The van der Waals surface area contributed by atoms with Crippen LogP contribution in [0.1, 0.15) is 32.6 Å². The number of piperidine rings is 1. The van der Waals surface area contributed by atoms with E-state index in [1.54, 1.807) is 0 Å². The number of likely N-dealkylation sites (tertiary alicyclic amines) is 1. The molecule has 3 heterocycles. The quantitative estimate of drug-likeness (QED) is 0.679. The molecule has 0 radical (unpaired) electrons.